The smallest absolute Gasteiger partial charge is 0.150 e. The Hall–Kier alpha value is -1.41. The van der Waals surface area contributed by atoms with Gasteiger partial charge < -0.3 is 4.74 Å². The van der Waals surface area contributed by atoms with E-state index in [0.717, 1.165) is 53.9 Å². The molecule has 0 aromatic carbocycles. The van der Waals surface area contributed by atoms with E-state index in [-0.39, 0.29) is 0 Å². The Labute approximate surface area is 168 Å². The number of morpholine rings is 1. The molecule has 2 fully saturated rings. The van der Waals surface area contributed by atoms with Gasteiger partial charge in [-0.05, 0) is 43.2 Å². The molecule has 0 atom stereocenters. The van der Waals surface area contributed by atoms with Crippen LogP contribution in [0.4, 0.5) is 0 Å². The molecule has 0 spiro atoms. The van der Waals surface area contributed by atoms with Crippen LogP contribution in [-0.4, -0.2) is 51.2 Å². The lowest BCUT2D eigenvalue weighted by Crippen LogP contribution is -2.44. The molecule has 4 heterocycles. The summed E-state index contributed by atoms with van der Waals surface area (Å²) in [6, 6.07) is 3.05. The van der Waals surface area contributed by atoms with Crippen molar-refractivity contribution in [1.82, 2.24) is 18.8 Å². The largest absolute Gasteiger partial charge is 0.379 e. The Bertz CT molecular complexity index is 910. The molecule has 1 saturated carbocycles. The molecule has 142 valence electrons. The van der Waals surface area contributed by atoms with E-state index < -0.39 is 0 Å². The summed E-state index contributed by atoms with van der Waals surface area (Å²) in [6.45, 7) is 3.96. The van der Waals surface area contributed by atoms with Gasteiger partial charge in [-0.25, -0.2) is 9.97 Å². The maximum Gasteiger partial charge on any atom is 0.150 e. The Morgan fingerprint density at radius 1 is 1.11 bits per heavy atom. The lowest BCUT2D eigenvalue weighted by Gasteiger charge is -2.38. The van der Waals surface area contributed by atoms with Crippen molar-refractivity contribution in [2.45, 2.75) is 37.6 Å². The Morgan fingerprint density at radius 2 is 1.93 bits per heavy atom. The molecule has 0 bridgehead atoms. The molecule has 0 unspecified atom stereocenters. The van der Waals surface area contributed by atoms with Crippen LogP contribution in [0.15, 0.2) is 30.0 Å². The van der Waals surface area contributed by atoms with Crippen molar-refractivity contribution in [3.8, 4) is 10.6 Å². The molecule has 27 heavy (non-hydrogen) atoms. The van der Waals surface area contributed by atoms with Gasteiger partial charge >= 0.3 is 0 Å². The van der Waals surface area contributed by atoms with Crippen LogP contribution >= 0.6 is 24.2 Å². The van der Waals surface area contributed by atoms with Crippen molar-refractivity contribution in [1.29, 1.82) is 0 Å². The van der Waals surface area contributed by atoms with Crippen LogP contribution < -0.4 is 0 Å². The van der Waals surface area contributed by atoms with Gasteiger partial charge in [-0.3, -0.25) is 8.87 Å². The molecule has 1 saturated heterocycles. The Morgan fingerprint density at radius 3 is 2.67 bits per heavy atom. The standard InChI is InChI=1S/C20H24N4OS2/c26-24-13-18(20-21-5-10-27-20)17-11-15(12-22-19(17)24)14-1-3-16(4-2-14)23-6-8-25-9-7-23/h5,10-14,16,26H,1-4,6-9H2/t14-,16-. The number of hydrogen-bond acceptors (Lipinski definition) is 6. The van der Waals surface area contributed by atoms with Crippen LogP contribution in [0.3, 0.4) is 0 Å². The molecule has 5 rings (SSSR count). The summed E-state index contributed by atoms with van der Waals surface area (Å²) in [5.74, 6) is 0.603. The molecule has 5 nitrogen and oxygen atoms in total. The first-order valence-electron chi connectivity index (χ1n) is 9.71. The molecular formula is C20H24N4OS2. The molecular weight excluding hydrogens is 376 g/mol. The third kappa shape index (κ3) is 3.42. The zero-order chi connectivity index (χ0) is 18.2. The lowest BCUT2D eigenvalue weighted by atomic mass is 9.81. The first-order valence-corrected chi connectivity index (χ1v) is 11.0. The Balaban J connectivity index is 1.37. The highest BCUT2D eigenvalue weighted by atomic mass is 32.1. The maximum atomic E-state index is 5.50. The van der Waals surface area contributed by atoms with E-state index in [1.807, 2.05) is 21.7 Å². The second kappa shape index (κ2) is 7.54. The van der Waals surface area contributed by atoms with E-state index >= 15 is 0 Å². The molecule has 3 aromatic heterocycles. The van der Waals surface area contributed by atoms with E-state index in [0.29, 0.717) is 5.92 Å². The van der Waals surface area contributed by atoms with Crippen LogP contribution in [0.5, 0.6) is 0 Å². The third-order valence-electron chi connectivity index (χ3n) is 6.04. The number of pyridine rings is 1. The number of aromatic nitrogens is 3. The molecule has 0 amide bonds. The lowest BCUT2D eigenvalue weighted by molar-refractivity contribution is 0.00729. The zero-order valence-electron chi connectivity index (χ0n) is 15.3. The van der Waals surface area contributed by atoms with Crippen LogP contribution in [0.2, 0.25) is 0 Å². The van der Waals surface area contributed by atoms with E-state index in [9.17, 15) is 0 Å². The monoisotopic (exact) mass is 400 g/mol. The molecule has 1 aliphatic heterocycles. The van der Waals surface area contributed by atoms with Crippen LogP contribution in [0.25, 0.3) is 21.6 Å². The van der Waals surface area contributed by atoms with Crippen molar-refractivity contribution in [3.63, 3.8) is 0 Å². The van der Waals surface area contributed by atoms with Gasteiger partial charge in [-0.15, -0.1) is 11.3 Å². The van der Waals surface area contributed by atoms with Gasteiger partial charge in [0.2, 0.25) is 0 Å². The van der Waals surface area contributed by atoms with Crippen LogP contribution in [0, 0.1) is 0 Å². The minimum atomic E-state index is 0.603. The molecule has 7 heteroatoms. The summed E-state index contributed by atoms with van der Waals surface area (Å²) in [7, 11) is 0. The van der Waals surface area contributed by atoms with Gasteiger partial charge in [0, 0.05) is 54.1 Å². The first kappa shape index (κ1) is 17.7. The SMILES string of the molecule is Sn1cc(-c2nccs2)c2cc([C@H]3CC[C@H](N4CCOCC4)CC3)cnc21. The topological polar surface area (TPSA) is 43.2 Å². The number of hydrogen-bond donors (Lipinski definition) is 1. The minimum Gasteiger partial charge on any atom is -0.379 e. The number of thiol groups is 1. The van der Waals surface area contributed by atoms with Crippen molar-refractivity contribution in [3.05, 3.63) is 35.6 Å². The summed E-state index contributed by atoms with van der Waals surface area (Å²) in [5, 5.41) is 4.21. The highest BCUT2D eigenvalue weighted by Crippen LogP contribution is 2.38. The molecule has 1 aliphatic carbocycles. The highest BCUT2D eigenvalue weighted by molar-refractivity contribution is 7.78. The fourth-order valence-electron chi connectivity index (χ4n) is 4.57. The van der Waals surface area contributed by atoms with Crippen molar-refractivity contribution < 1.29 is 4.74 Å². The van der Waals surface area contributed by atoms with E-state index in [1.165, 1.54) is 31.2 Å². The fourth-order valence-corrected chi connectivity index (χ4v) is 5.51. The number of nitrogens with zero attached hydrogens (tertiary/aromatic N) is 4. The number of thiazole rings is 1. The van der Waals surface area contributed by atoms with Crippen LogP contribution in [-0.2, 0) is 4.74 Å². The highest BCUT2D eigenvalue weighted by Gasteiger charge is 2.28. The number of fused-ring (bicyclic) bond motifs is 1. The summed E-state index contributed by atoms with van der Waals surface area (Å²) in [5.41, 5.74) is 3.40. The molecule has 2 aliphatic rings. The Kier molecular flexibility index (Phi) is 4.94. The van der Waals surface area contributed by atoms with Crippen molar-refractivity contribution in [2.24, 2.45) is 0 Å². The van der Waals surface area contributed by atoms with Gasteiger partial charge in [-0.2, -0.15) is 0 Å². The van der Waals surface area contributed by atoms with E-state index in [4.69, 9.17) is 9.72 Å². The van der Waals surface area contributed by atoms with Crippen molar-refractivity contribution in [2.75, 3.05) is 26.3 Å². The summed E-state index contributed by atoms with van der Waals surface area (Å²) in [6.07, 6.45) is 11.0. The number of ether oxygens (including phenoxy) is 1. The second-order valence-corrected chi connectivity index (χ2v) is 8.84. The summed E-state index contributed by atoms with van der Waals surface area (Å²) < 4.78 is 7.31. The molecule has 0 N–H and O–H groups in total. The molecule has 0 radical (unpaired) electrons. The van der Waals surface area contributed by atoms with Crippen LogP contribution in [0.1, 0.15) is 37.2 Å². The fraction of sp³-hybridized carbons (Fsp3) is 0.500. The summed E-state index contributed by atoms with van der Waals surface area (Å²) in [4.78, 5) is 11.8. The number of rotatable bonds is 3. The third-order valence-corrected chi connectivity index (χ3v) is 7.15. The molecule has 3 aromatic rings. The first-order chi connectivity index (χ1) is 13.3. The average molecular weight is 401 g/mol. The van der Waals surface area contributed by atoms with Gasteiger partial charge in [0.25, 0.3) is 0 Å². The van der Waals surface area contributed by atoms with Crippen molar-refractivity contribution >= 4 is 35.2 Å². The normalized spacial score (nSPS) is 24.5. The summed E-state index contributed by atoms with van der Waals surface area (Å²) >= 11 is 6.21. The quantitative estimate of drug-likeness (QED) is 0.669. The predicted molar refractivity (Wildman–Crippen MR) is 113 cm³/mol. The van der Waals surface area contributed by atoms with E-state index in [2.05, 4.69) is 35.0 Å². The van der Waals surface area contributed by atoms with Gasteiger partial charge in [0.15, 0.2) is 0 Å². The average Bonchev–Trinajstić information content (AvgIpc) is 3.37. The zero-order valence-corrected chi connectivity index (χ0v) is 17.0. The minimum absolute atomic E-state index is 0.603. The van der Waals surface area contributed by atoms with Gasteiger partial charge in [-0.1, -0.05) is 12.8 Å². The van der Waals surface area contributed by atoms with E-state index in [1.54, 1.807) is 11.3 Å². The predicted octanol–water partition coefficient (Wildman–Crippen LogP) is 4.21. The maximum absolute atomic E-state index is 5.50. The van der Waals surface area contributed by atoms with Gasteiger partial charge in [0.1, 0.15) is 10.7 Å². The second-order valence-electron chi connectivity index (χ2n) is 7.52. The van der Waals surface area contributed by atoms with Gasteiger partial charge in [0.05, 0.1) is 13.2 Å².